The lowest BCUT2D eigenvalue weighted by Crippen LogP contribution is -1.85. The summed E-state index contributed by atoms with van der Waals surface area (Å²) in [5, 5.41) is 0.442. The Morgan fingerprint density at radius 1 is 1.46 bits per heavy atom. The molecule has 1 rings (SSSR count). The number of carbonyl (C=O) groups excluding carboxylic acids is 1. The molecule has 0 atom stereocenters. The van der Waals surface area contributed by atoms with Crippen molar-refractivity contribution >= 4 is 24.0 Å². The van der Waals surface area contributed by atoms with Crippen molar-refractivity contribution in [2.24, 2.45) is 0 Å². The van der Waals surface area contributed by atoms with Crippen LogP contribution in [0.4, 0.5) is 4.39 Å². The molecule has 1 aromatic carbocycles. The van der Waals surface area contributed by atoms with Crippen molar-refractivity contribution in [1.82, 2.24) is 0 Å². The van der Waals surface area contributed by atoms with E-state index in [1.807, 2.05) is 0 Å². The van der Waals surface area contributed by atoms with Gasteiger partial charge in [0.2, 0.25) is 0 Å². The molecule has 0 aromatic heterocycles. The van der Waals surface area contributed by atoms with Crippen LogP contribution in [-0.2, 0) is 4.79 Å². The van der Waals surface area contributed by atoms with E-state index in [-0.39, 0.29) is 5.82 Å². The first-order valence-corrected chi connectivity index (χ1v) is 4.10. The average molecular weight is 199 g/mol. The third-order valence-electron chi connectivity index (χ3n) is 1.63. The first kappa shape index (κ1) is 9.93. The zero-order valence-corrected chi connectivity index (χ0v) is 7.81. The fraction of sp³-hybridized carbons (Fsp3) is 0.100. The van der Waals surface area contributed by atoms with Crippen LogP contribution in [0.5, 0.6) is 0 Å². The minimum atomic E-state index is -0.324. The second-order valence-electron chi connectivity index (χ2n) is 2.62. The Labute approximate surface area is 80.8 Å². The molecule has 0 N–H and O–H groups in total. The minimum absolute atomic E-state index is 0.324. The maximum Gasteiger partial charge on any atom is 0.142 e. The lowest BCUT2D eigenvalue weighted by Gasteiger charge is -2.00. The van der Waals surface area contributed by atoms with Gasteiger partial charge in [-0.05, 0) is 36.3 Å². The summed E-state index contributed by atoms with van der Waals surface area (Å²) in [6.45, 7) is 1.63. The van der Waals surface area contributed by atoms with Crippen molar-refractivity contribution in [3.63, 3.8) is 0 Å². The molecule has 1 nitrogen and oxygen atoms in total. The lowest BCUT2D eigenvalue weighted by atomic mass is 10.1. The molecular weight excluding hydrogens is 191 g/mol. The van der Waals surface area contributed by atoms with E-state index in [2.05, 4.69) is 0 Å². The predicted octanol–water partition coefficient (Wildman–Crippen LogP) is 3.00. The highest BCUT2D eigenvalue weighted by atomic mass is 35.5. The molecule has 0 aliphatic carbocycles. The number of halogens is 2. The summed E-state index contributed by atoms with van der Waals surface area (Å²) in [6, 6.07) is 2.83. The molecule has 0 unspecified atom stereocenters. The van der Waals surface area contributed by atoms with Crippen LogP contribution in [0.2, 0.25) is 5.02 Å². The highest BCUT2D eigenvalue weighted by Gasteiger charge is 2.02. The summed E-state index contributed by atoms with van der Waals surface area (Å²) in [6.07, 6.45) is 3.36. The van der Waals surface area contributed by atoms with E-state index in [9.17, 15) is 9.18 Å². The normalized spacial score (nSPS) is 10.7. The largest absolute Gasteiger partial charge is 0.299 e. The zero-order chi connectivity index (χ0) is 9.84. The number of hydrogen-bond acceptors (Lipinski definition) is 1. The van der Waals surface area contributed by atoms with Gasteiger partial charge >= 0.3 is 0 Å². The van der Waals surface area contributed by atoms with E-state index in [4.69, 9.17) is 11.6 Å². The number of carbonyl (C=O) groups is 1. The number of aldehydes is 1. The molecular formula is C10H8ClFO. The molecule has 0 saturated heterocycles. The number of allylic oxidation sites excluding steroid dienone is 1. The van der Waals surface area contributed by atoms with Gasteiger partial charge in [-0.1, -0.05) is 17.7 Å². The second kappa shape index (κ2) is 4.19. The second-order valence-corrected chi connectivity index (χ2v) is 3.03. The molecule has 0 fully saturated rings. The van der Waals surface area contributed by atoms with E-state index in [0.29, 0.717) is 22.4 Å². The van der Waals surface area contributed by atoms with Crippen molar-refractivity contribution in [2.75, 3.05) is 0 Å². The Kier molecular flexibility index (Phi) is 3.20. The molecule has 0 spiro atoms. The van der Waals surface area contributed by atoms with Crippen molar-refractivity contribution < 1.29 is 9.18 Å². The Morgan fingerprint density at radius 3 is 2.77 bits per heavy atom. The number of rotatable bonds is 2. The van der Waals surface area contributed by atoms with Gasteiger partial charge in [0.15, 0.2) is 0 Å². The fourth-order valence-corrected chi connectivity index (χ4v) is 1.21. The maximum absolute atomic E-state index is 13.0. The Hall–Kier alpha value is -1.15. The highest BCUT2D eigenvalue weighted by Crippen LogP contribution is 2.21. The molecule has 3 heteroatoms. The third kappa shape index (κ3) is 2.39. The van der Waals surface area contributed by atoms with Gasteiger partial charge in [0, 0.05) is 5.02 Å². The molecule has 0 amide bonds. The van der Waals surface area contributed by atoms with Crippen LogP contribution in [0.1, 0.15) is 11.1 Å². The van der Waals surface area contributed by atoms with Crippen molar-refractivity contribution in [3.05, 3.63) is 40.2 Å². The summed E-state index contributed by atoms with van der Waals surface area (Å²) < 4.78 is 13.0. The van der Waals surface area contributed by atoms with E-state index < -0.39 is 0 Å². The van der Waals surface area contributed by atoms with Crippen molar-refractivity contribution in [1.29, 1.82) is 0 Å². The Morgan fingerprint density at radius 2 is 2.15 bits per heavy atom. The van der Waals surface area contributed by atoms with E-state index >= 15 is 0 Å². The van der Waals surface area contributed by atoms with E-state index in [1.165, 1.54) is 24.3 Å². The van der Waals surface area contributed by atoms with Gasteiger partial charge in [0.25, 0.3) is 0 Å². The molecule has 0 aliphatic heterocycles. The average Bonchev–Trinajstić information content (AvgIpc) is 2.09. The van der Waals surface area contributed by atoms with Gasteiger partial charge in [-0.3, -0.25) is 4.79 Å². The third-order valence-corrected chi connectivity index (χ3v) is 1.96. The number of hydrogen-bond donors (Lipinski definition) is 0. The SMILES string of the molecule is Cc1cc(Cl)c(C=CC=O)cc1F. The molecule has 13 heavy (non-hydrogen) atoms. The minimum Gasteiger partial charge on any atom is -0.299 e. The monoisotopic (exact) mass is 198 g/mol. The van der Waals surface area contributed by atoms with E-state index in [1.54, 1.807) is 6.92 Å². The highest BCUT2D eigenvalue weighted by molar-refractivity contribution is 6.32. The Bertz CT molecular complexity index is 358. The van der Waals surface area contributed by atoms with Crippen molar-refractivity contribution in [3.8, 4) is 0 Å². The summed E-state index contributed by atoms with van der Waals surface area (Å²) in [7, 11) is 0. The van der Waals surface area contributed by atoms with Crippen LogP contribution in [0.15, 0.2) is 18.2 Å². The van der Waals surface area contributed by atoms with Gasteiger partial charge in [-0.25, -0.2) is 4.39 Å². The fourth-order valence-electron chi connectivity index (χ4n) is 0.932. The van der Waals surface area contributed by atoms with Crippen LogP contribution in [0.25, 0.3) is 6.08 Å². The van der Waals surface area contributed by atoms with Gasteiger partial charge in [0.05, 0.1) is 0 Å². The molecule has 0 bridgehead atoms. The van der Waals surface area contributed by atoms with Gasteiger partial charge in [-0.2, -0.15) is 0 Å². The smallest absolute Gasteiger partial charge is 0.142 e. The first-order chi connectivity index (χ1) is 6.15. The lowest BCUT2D eigenvalue weighted by molar-refractivity contribution is -0.104. The summed E-state index contributed by atoms with van der Waals surface area (Å²) >= 11 is 5.80. The van der Waals surface area contributed by atoms with Crippen LogP contribution < -0.4 is 0 Å². The zero-order valence-electron chi connectivity index (χ0n) is 7.05. The molecule has 0 heterocycles. The standard InChI is InChI=1S/C10H8ClFO/c1-7-5-9(11)8(3-2-4-13)6-10(7)12/h2-6H,1H3. The van der Waals surface area contributed by atoms with Crippen molar-refractivity contribution in [2.45, 2.75) is 6.92 Å². The van der Waals surface area contributed by atoms with Gasteiger partial charge in [-0.15, -0.1) is 0 Å². The molecule has 1 aromatic rings. The summed E-state index contributed by atoms with van der Waals surface area (Å²) in [5.41, 5.74) is 1.00. The topological polar surface area (TPSA) is 17.1 Å². The number of aryl methyl sites for hydroxylation is 1. The Balaban J connectivity index is 3.15. The number of benzene rings is 1. The quantitative estimate of drug-likeness (QED) is 0.528. The maximum atomic E-state index is 13.0. The first-order valence-electron chi connectivity index (χ1n) is 3.72. The predicted molar refractivity (Wildman–Crippen MR) is 51.2 cm³/mol. The van der Waals surface area contributed by atoms with Crippen LogP contribution in [0.3, 0.4) is 0 Å². The van der Waals surface area contributed by atoms with E-state index in [0.717, 1.165) is 0 Å². The summed E-state index contributed by atoms with van der Waals surface area (Å²) in [5.74, 6) is -0.324. The summed E-state index contributed by atoms with van der Waals surface area (Å²) in [4.78, 5) is 10.0. The molecule has 0 aliphatic rings. The van der Waals surface area contributed by atoms with Crippen LogP contribution in [0, 0.1) is 12.7 Å². The molecule has 68 valence electrons. The van der Waals surface area contributed by atoms with Crippen LogP contribution >= 0.6 is 11.6 Å². The molecule has 0 radical (unpaired) electrons. The van der Waals surface area contributed by atoms with Gasteiger partial charge in [0.1, 0.15) is 12.1 Å². The van der Waals surface area contributed by atoms with Crippen LogP contribution in [-0.4, -0.2) is 6.29 Å². The van der Waals surface area contributed by atoms with Gasteiger partial charge < -0.3 is 0 Å². The molecule has 0 saturated carbocycles.